The molecular weight excluding hydrogens is 296 g/mol. The molecule has 1 amide bonds. The van der Waals surface area contributed by atoms with Crippen molar-refractivity contribution in [1.29, 1.82) is 0 Å². The van der Waals surface area contributed by atoms with Gasteiger partial charge in [-0.1, -0.05) is 6.07 Å². The molecule has 0 atom stereocenters. The van der Waals surface area contributed by atoms with Crippen LogP contribution in [0.25, 0.3) is 0 Å². The molecule has 0 fully saturated rings. The summed E-state index contributed by atoms with van der Waals surface area (Å²) in [5, 5.41) is 2.81. The third-order valence-corrected chi connectivity index (χ3v) is 2.87. The van der Waals surface area contributed by atoms with Crippen molar-refractivity contribution in [2.24, 2.45) is 0 Å². The van der Waals surface area contributed by atoms with E-state index < -0.39 is 0 Å². The lowest BCUT2D eigenvalue weighted by molar-refractivity contribution is 0.0924. The van der Waals surface area contributed by atoms with Gasteiger partial charge in [0.05, 0.1) is 0 Å². The molecule has 18 heavy (non-hydrogen) atoms. The van der Waals surface area contributed by atoms with Crippen molar-refractivity contribution in [1.82, 2.24) is 10.3 Å². The van der Waals surface area contributed by atoms with Gasteiger partial charge in [-0.15, -0.1) is 0 Å². The molecule has 2 heterocycles. The van der Waals surface area contributed by atoms with Crippen LogP contribution in [0, 0.1) is 0 Å². The topological polar surface area (TPSA) is 55.1 Å². The Morgan fingerprint density at radius 3 is 2.94 bits per heavy atom. The van der Waals surface area contributed by atoms with Crippen molar-refractivity contribution >= 4 is 21.8 Å². The Morgan fingerprint density at radius 2 is 2.28 bits per heavy atom. The number of nitrogens with zero attached hydrogens (tertiary/aromatic N) is 1. The minimum absolute atomic E-state index is 0.188. The van der Waals surface area contributed by atoms with Gasteiger partial charge in [-0.05, 0) is 52.5 Å². The van der Waals surface area contributed by atoms with Crippen LogP contribution in [0.15, 0.2) is 45.7 Å². The second-order valence-corrected chi connectivity index (χ2v) is 4.61. The monoisotopic (exact) mass is 308 g/mol. The normalized spacial score (nSPS) is 10.3. The zero-order valence-corrected chi connectivity index (χ0v) is 11.3. The summed E-state index contributed by atoms with van der Waals surface area (Å²) in [5.74, 6) is 0.134. The van der Waals surface area contributed by atoms with Gasteiger partial charge >= 0.3 is 0 Å². The van der Waals surface area contributed by atoms with E-state index in [2.05, 4.69) is 26.2 Å². The minimum Gasteiger partial charge on any atom is -0.444 e. The van der Waals surface area contributed by atoms with E-state index in [1.807, 2.05) is 18.3 Å². The fourth-order valence-electron chi connectivity index (χ4n) is 1.56. The summed E-state index contributed by atoms with van der Waals surface area (Å²) in [5.41, 5.74) is 1.17. The second kappa shape index (κ2) is 6.35. The Labute approximate surface area is 114 Å². The fraction of sp³-hybridized carbons (Fsp3) is 0.231. The molecule has 2 aromatic heterocycles. The first-order chi connectivity index (χ1) is 8.75. The summed E-state index contributed by atoms with van der Waals surface area (Å²) >= 11 is 3.16. The number of carbonyl (C=O) groups is 1. The van der Waals surface area contributed by atoms with E-state index in [9.17, 15) is 4.79 Å². The van der Waals surface area contributed by atoms with E-state index >= 15 is 0 Å². The van der Waals surface area contributed by atoms with Crippen molar-refractivity contribution in [2.75, 3.05) is 6.54 Å². The van der Waals surface area contributed by atoms with Crippen molar-refractivity contribution in [3.63, 3.8) is 0 Å². The molecule has 0 radical (unpaired) electrons. The summed E-state index contributed by atoms with van der Waals surface area (Å²) < 4.78 is 5.71. The van der Waals surface area contributed by atoms with Gasteiger partial charge in [-0.3, -0.25) is 9.78 Å². The van der Waals surface area contributed by atoms with Gasteiger partial charge in [-0.2, -0.15) is 0 Å². The van der Waals surface area contributed by atoms with Gasteiger partial charge in [0.25, 0.3) is 5.91 Å². The van der Waals surface area contributed by atoms with Gasteiger partial charge in [0.2, 0.25) is 0 Å². The Hall–Kier alpha value is -1.62. The molecule has 0 unspecified atom stereocenters. The summed E-state index contributed by atoms with van der Waals surface area (Å²) in [7, 11) is 0. The quantitative estimate of drug-likeness (QED) is 0.864. The van der Waals surface area contributed by atoms with Crippen LogP contribution in [0.1, 0.15) is 22.5 Å². The maximum atomic E-state index is 11.6. The highest BCUT2D eigenvalue weighted by Gasteiger charge is 2.08. The van der Waals surface area contributed by atoms with E-state index in [1.165, 1.54) is 5.56 Å². The molecule has 4 nitrogen and oxygen atoms in total. The summed E-state index contributed by atoms with van der Waals surface area (Å²) in [6.45, 7) is 0.617. The van der Waals surface area contributed by atoms with Gasteiger partial charge < -0.3 is 9.73 Å². The van der Waals surface area contributed by atoms with Crippen LogP contribution >= 0.6 is 15.9 Å². The van der Waals surface area contributed by atoms with Crippen LogP contribution in [0.5, 0.6) is 0 Å². The number of nitrogens with one attached hydrogen (secondary N) is 1. The van der Waals surface area contributed by atoms with Crippen LogP contribution in [-0.2, 0) is 6.42 Å². The first-order valence-corrected chi connectivity index (χ1v) is 6.47. The van der Waals surface area contributed by atoms with Crippen molar-refractivity contribution < 1.29 is 9.21 Å². The number of furan rings is 1. The Balaban J connectivity index is 1.71. The molecular formula is C13H13BrN2O2. The van der Waals surface area contributed by atoms with E-state index in [4.69, 9.17) is 4.42 Å². The molecule has 0 saturated heterocycles. The molecule has 0 aromatic carbocycles. The maximum Gasteiger partial charge on any atom is 0.287 e. The van der Waals surface area contributed by atoms with Gasteiger partial charge in [0, 0.05) is 18.9 Å². The number of hydrogen-bond acceptors (Lipinski definition) is 3. The number of aryl methyl sites for hydroxylation is 1. The number of rotatable bonds is 5. The summed E-state index contributed by atoms with van der Waals surface area (Å²) in [4.78, 5) is 15.7. The summed E-state index contributed by atoms with van der Waals surface area (Å²) in [6, 6.07) is 7.28. The molecule has 2 rings (SSSR count). The highest BCUT2D eigenvalue weighted by molar-refractivity contribution is 9.10. The predicted molar refractivity (Wildman–Crippen MR) is 71.3 cm³/mol. The molecule has 0 aliphatic carbocycles. The van der Waals surface area contributed by atoms with Gasteiger partial charge in [0.1, 0.15) is 0 Å². The third-order valence-electron chi connectivity index (χ3n) is 2.45. The van der Waals surface area contributed by atoms with E-state index in [0.29, 0.717) is 17.0 Å². The first kappa shape index (κ1) is 12.8. The SMILES string of the molecule is O=C(NCCCc1cccnc1)c1ccc(Br)o1. The molecule has 0 aliphatic heterocycles. The molecule has 1 N–H and O–H groups in total. The highest BCUT2D eigenvalue weighted by atomic mass is 79.9. The van der Waals surface area contributed by atoms with Crippen LogP contribution in [0.3, 0.4) is 0 Å². The standard InChI is InChI=1S/C13H13BrN2O2/c14-12-6-5-11(18-12)13(17)16-8-2-4-10-3-1-7-15-9-10/h1,3,5-7,9H,2,4,8H2,(H,16,17). The van der Waals surface area contributed by atoms with Crippen molar-refractivity contribution in [2.45, 2.75) is 12.8 Å². The molecule has 0 bridgehead atoms. The lowest BCUT2D eigenvalue weighted by atomic mass is 10.1. The Morgan fingerprint density at radius 1 is 1.39 bits per heavy atom. The van der Waals surface area contributed by atoms with Crippen LogP contribution in [-0.4, -0.2) is 17.4 Å². The average molecular weight is 309 g/mol. The van der Waals surface area contributed by atoms with E-state index in [-0.39, 0.29) is 5.91 Å². The largest absolute Gasteiger partial charge is 0.444 e. The van der Waals surface area contributed by atoms with Crippen molar-refractivity contribution in [3.8, 4) is 0 Å². The second-order valence-electron chi connectivity index (χ2n) is 3.82. The molecule has 0 saturated carbocycles. The fourth-order valence-corrected chi connectivity index (χ4v) is 1.87. The molecule has 5 heteroatoms. The Bertz CT molecular complexity index is 511. The third kappa shape index (κ3) is 3.70. The predicted octanol–water partition coefficient (Wildman–Crippen LogP) is 2.80. The zero-order valence-electron chi connectivity index (χ0n) is 9.73. The first-order valence-electron chi connectivity index (χ1n) is 5.68. The Kier molecular flexibility index (Phi) is 4.52. The van der Waals surface area contributed by atoms with Crippen molar-refractivity contribution in [3.05, 3.63) is 52.7 Å². The number of amides is 1. The zero-order chi connectivity index (χ0) is 12.8. The number of halogens is 1. The van der Waals surface area contributed by atoms with Gasteiger partial charge in [-0.25, -0.2) is 0 Å². The van der Waals surface area contributed by atoms with E-state index in [0.717, 1.165) is 12.8 Å². The molecule has 94 valence electrons. The number of hydrogen-bond donors (Lipinski definition) is 1. The minimum atomic E-state index is -0.188. The lowest BCUT2D eigenvalue weighted by Crippen LogP contribution is -2.24. The number of carbonyl (C=O) groups excluding carboxylic acids is 1. The van der Waals surface area contributed by atoms with Crippen LogP contribution < -0.4 is 5.32 Å². The number of pyridine rings is 1. The van der Waals surface area contributed by atoms with Crippen LogP contribution in [0.4, 0.5) is 0 Å². The smallest absolute Gasteiger partial charge is 0.287 e. The lowest BCUT2D eigenvalue weighted by Gasteiger charge is -2.03. The van der Waals surface area contributed by atoms with Crippen LogP contribution in [0.2, 0.25) is 0 Å². The van der Waals surface area contributed by atoms with Gasteiger partial charge in [0.15, 0.2) is 10.4 Å². The highest BCUT2D eigenvalue weighted by Crippen LogP contribution is 2.13. The summed E-state index contributed by atoms with van der Waals surface area (Å²) in [6.07, 6.45) is 5.36. The molecule has 0 spiro atoms. The van der Waals surface area contributed by atoms with E-state index in [1.54, 1.807) is 18.3 Å². The molecule has 0 aliphatic rings. The molecule has 2 aromatic rings. The number of aromatic nitrogens is 1. The maximum absolute atomic E-state index is 11.6. The average Bonchev–Trinajstić information content (AvgIpc) is 2.82.